The standard InChI is InChI=1S/C17H14Cl4N2O2/c1-2-15(12-5-3-10(18)7-13(12)20)22-23-17(24)9-25-16-6-4-11(19)8-14(16)21/h3-8H,2,9H2,1H3,(H,23,24)/b22-15+. The molecule has 2 rings (SSSR count). The first-order chi connectivity index (χ1) is 11.9. The third kappa shape index (κ3) is 5.79. The summed E-state index contributed by atoms with van der Waals surface area (Å²) in [5.41, 5.74) is 3.77. The molecule has 0 fully saturated rings. The summed E-state index contributed by atoms with van der Waals surface area (Å²) in [6, 6.07) is 9.83. The molecule has 8 heteroatoms. The van der Waals surface area contributed by atoms with Gasteiger partial charge in [0.05, 0.1) is 15.8 Å². The summed E-state index contributed by atoms with van der Waals surface area (Å²) in [7, 11) is 0. The van der Waals surface area contributed by atoms with Crippen LogP contribution in [0.4, 0.5) is 0 Å². The summed E-state index contributed by atoms with van der Waals surface area (Å²) >= 11 is 23.8. The van der Waals surface area contributed by atoms with Crippen LogP contribution in [0.5, 0.6) is 5.75 Å². The fourth-order valence-corrected chi connectivity index (χ4v) is 2.93. The number of carbonyl (C=O) groups is 1. The lowest BCUT2D eigenvalue weighted by atomic mass is 10.1. The molecule has 2 aromatic rings. The lowest BCUT2D eigenvalue weighted by Gasteiger charge is -2.09. The van der Waals surface area contributed by atoms with Gasteiger partial charge in [0.2, 0.25) is 0 Å². The molecule has 1 N–H and O–H groups in total. The van der Waals surface area contributed by atoms with Crippen molar-refractivity contribution in [3.8, 4) is 5.75 Å². The number of hydrogen-bond acceptors (Lipinski definition) is 3. The van der Waals surface area contributed by atoms with Crippen molar-refractivity contribution in [1.82, 2.24) is 5.43 Å². The van der Waals surface area contributed by atoms with Crippen molar-refractivity contribution in [1.29, 1.82) is 0 Å². The third-order valence-electron chi connectivity index (χ3n) is 3.15. The van der Waals surface area contributed by atoms with Gasteiger partial charge in [-0.25, -0.2) is 5.43 Å². The van der Waals surface area contributed by atoms with Crippen molar-refractivity contribution in [2.75, 3.05) is 6.61 Å². The van der Waals surface area contributed by atoms with E-state index in [9.17, 15) is 4.79 Å². The number of halogens is 4. The molecule has 2 aromatic carbocycles. The quantitative estimate of drug-likeness (QED) is 0.488. The topological polar surface area (TPSA) is 50.7 Å². The normalized spacial score (nSPS) is 11.3. The Kier molecular flexibility index (Phi) is 7.38. The van der Waals surface area contributed by atoms with Crippen LogP contribution in [-0.4, -0.2) is 18.2 Å². The van der Waals surface area contributed by atoms with Crippen LogP contribution in [0.25, 0.3) is 0 Å². The van der Waals surface area contributed by atoms with E-state index in [0.717, 1.165) is 0 Å². The summed E-state index contributed by atoms with van der Waals surface area (Å²) < 4.78 is 5.35. The van der Waals surface area contributed by atoms with Gasteiger partial charge in [0, 0.05) is 15.6 Å². The minimum Gasteiger partial charge on any atom is -0.482 e. The highest BCUT2D eigenvalue weighted by Crippen LogP contribution is 2.27. The molecule has 0 aliphatic rings. The van der Waals surface area contributed by atoms with E-state index < -0.39 is 5.91 Å². The second-order valence-corrected chi connectivity index (χ2v) is 6.62. The SMILES string of the molecule is CC/C(=N\NC(=O)COc1ccc(Cl)cc1Cl)c1ccc(Cl)cc1Cl. The van der Waals surface area contributed by atoms with Crippen molar-refractivity contribution in [3.05, 3.63) is 62.1 Å². The highest BCUT2D eigenvalue weighted by molar-refractivity contribution is 6.37. The maximum atomic E-state index is 11.9. The van der Waals surface area contributed by atoms with Gasteiger partial charge in [-0.1, -0.05) is 59.4 Å². The van der Waals surface area contributed by atoms with Crippen LogP contribution >= 0.6 is 46.4 Å². The first-order valence-electron chi connectivity index (χ1n) is 7.29. The smallest absolute Gasteiger partial charge is 0.277 e. The Bertz CT molecular complexity index is 809. The predicted octanol–water partition coefficient (Wildman–Crippen LogP) is 5.61. The first kappa shape index (κ1) is 19.9. The molecule has 0 spiro atoms. The number of carbonyl (C=O) groups excluding carboxylic acids is 1. The predicted molar refractivity (Wildman–Crippen MR) is 103 cm³/mol. The fourth-order valence-electron chi connectivity index (χ4n) is 1.95. The Balaban J connectivity index is 2.00. The lowest BCUT2D eigenvalue weighted by molar-refractivity contribution is -0.123. The molecule has 0 saturated heterocycles. The van der Waals surface area contributed by atoms with E-state index in [1.54, 1.807) is 30.3 Å². The average Bonchev–Trinajstić information content (AvgIpc) is 2.56. The Morgan fingerprint density at radius 3 is 2.28 bits per heavy atom. The Morgan fingerprint density at radius 2 is 1.68 bits per heavy atom. The largest absolute Gasteiger partial charge is 0.482 e. The van der Waals surface area contributed by atoms with E-state index in [1.807, 2.05) is 6.92 Å². The summed E-state index contributed by atoms with van der Waals surface area (Å²) in [6.07, 6.45) is 0.575. The van der Waals surface area contributed by atoms with Gasteiger partial charge < -0.3 is 4.74 Å². The second-order valence-electron chi connectivity index (χ2n) is 4.93. The molecule has 0 unspecified atom stereocenters. The van der Waals surface area contributed by atoms with Crippen LogP contribution in [0.15, 0.2) is 41.5 Å². The van der Waals surface area contributed by atoms with E-state index >= 15 is 0 Å². The zero-order chi connectivity index (χ0) is 18.4. The molecule has 0 aliphatic heterocycles. The van der Waals surface area contributed by atoms with Gasteiger partial charge in [-0.15, -0.1) is 0 Å². The number of nitrogens with zero attached hydrogens (tertiary/aromatic N) is 1. The van der Waals surface area contributed by atoms with E-state index in [-0.39, 0.29) is 6.61 Å². The molecular weight excluding hydrogens is 406 g/mol. The van der Waals surface area contributed by atoms with Gasteiger partial charge in [-0.2, -0.15) is 5.10 Å². The van der Waals surface area contributed by atoms with Crippen LogP contribution in [0.3, 0.4) is 0 Å². The number of rotatable bonds is 6. The number of hydrazone groups is 1. The second kappa shape index (κ2) is 9.30. The van der Waals surface area contributed by atoms with E-state index in [1.165, 1.54) is 6.07 Å². The number of amides is 1. The lowest BCUT2D eigenvalue weighted by Crippen LogP contribution is -2.26. The molecule has 132 valence electrons. The van der Waals surface area contributed by atoms with Gasteiger partial charge in [-0.05, 0) is 36.8 Å². The van der Waals surface area contributed by atoms with Crippen LogP contribution in [0, 0.1) is 0 Å². The molecule has 0 atom stereocenters. The highest BCUT2D eigenvalue weighted by atomic mass is 35.5. The van der Waals surface area contributed by atoms with Crippen molar-refractivity contribution >= 4 is 58.0 Å². The summed E-state index contributed by atoms with van der Waals surface area (Å²) in [6.45, 7) is 1.66. The summed E-state index contributed by atoms with van der Waals surface area (Å²) in [5.74, 6) is -0.0660. The number of hydrogen-bond donors (Lipinski definition) is 1. The Labute approximate surface area is 165 Å². The molecule has 0 heterocycles. The fraction of sp³-hybridized carbons (Fsp3) is 0.176. The third-order valence-corrected chi connectivity index (χ3v) is 4.22. The minimum atomic E-state index is -0.429. The van der Waals surface area contributed by atoms with Gasteiger partial charge in [0.25, 0.3) is 5.91 Å². The van der Waals surface area contributed by atoms with Crippen LogP contribution in [0.1, 0.15) is 18.9 Å². The van der Waals surface area contributed by atoms with E-state index in [2.05, 4.69) is 10.5 Å². The van der Waals surface area contributed by atoms with Gasteiger partial charge in [0.1, 0.15) is 5.75 Å². The Morgan fingerprint density at radius 1 is 1.04 bits per heavy atom. The molecular formula is C17H14Cl4N2O2. The zero-order valence-corrected chi connectivity index (χ0v) is 16.2. The molecule has 0 aliphatic carbocycles. The molecule has 0 bridgehead atoms. The van der Waals surface area contributed by atoms with Gasteiger partial charge in [0.15, 0.2) is 6.61 Å². The van der Waals surface area contributed by atoms with Crippen molar-refractivity contribution < 1.29 is 9.53 Å². The van der Waals surface area contributed by atoms with Crippen molar-refractivity contribution in [3.63, 3.8) is 0 Å². The van der Waals surface area contributed by atoms with Crippen molar-refractivity contribution in [2.45, 2.75) is 13.3 Å². The molecule has 0 radical (unpaired) electrons. The summed E-state index contributed by atoms with van der Waals surface area (Å²) in [4.78, 5) is 11.9. The van der Waals surface area contributed by atoms with E-state index in [0.29, 0.717) is 43.5 Å². The molecule has 4 nitrogen and oxygen atoms in total. The number of ether oxygens (including phenoxy) is 1. The molecule has 25 heavy (non-hydrogen) atoms. The molecule has 1 amide bonds. The molecule has 0 saturated carbocycles. The van der Waals surface area contributed by atoms with Gasteiger partial charge in [-0.3, -0.25) is 4.79 Å². The maximum Gasteiger partial charge on any atom is 0.277 e. The minimum absolute atomic E-state index is 0.240. The Hall–Kier alpha value is -1.46. The average molecular weight is 420 g/mol. The highest BCUT2D eigenvalue weighted by Gasteiger charge is 2.10. The monoisotopic (exact) mass is 418 g/mol. The van der Waals surface area contributed by atoms with Crippen LogP contribution in [0.2, 0.25) is 20.1 Å². The van der Waals surface area contributed by atoms with E-state index in [4.69, 9.17) is 51.1 Å². The van der Waals surface area contributed by atoms with Crippen LogP contribution in [-0.2, 0) is 4.79 Å². The van der Waals surface area contributed by atoms with Crippen molar-refractivity contribution in [2.24, 2.45) is 5.10 Å². The van der Waals surface area contributed by atoms with Crippen LogP contribution < -0.4 is 10.2 Å². The molecule has 0 aromatic heterocycles. The maximum absolute atomic E-state index is 11.9. The zero-order valence-electron chi connectivity index (χ0n) is 13.2. The first-order valence-corrected chi connectivity index (χ1v) is 8.80. The number of benzene rings is 2. The summed E-state index contributed by atoms with van der Waals surface area (Å²) in [5, 5.41) is 5.91. The number of nitrogens with one attached hydrogen (secondary N) is 1. The van der Waals surface area contributed by atoms with Gasteiger partial charge >= 0.3 is 0 Å².